The minimum absolute atomic E-state index is 0. The fraction of sp³-hybridized carbons (Fsp3) is 0.550. The molecule has 1 aliphatic heterocycles. The molecule has 1 unspecified atom stereocenters. The molecular formula is C20H29ClN4O3. The summed E-state index contributed by atoms with van der Waals surface area (Å²) in [7, 11) is 1.73. The molecule has 2 aromatic rings. The number of unbranched alkanes of at least 4 members (excludes halogenated alkanes) is 4. The number of imide groups is 1. The number of hydrogen-bond donors (Lipinski definition) is 2. The number of aryl methyl sites for hydroxylation is 2. The Morgan fingerprint density at radius 1 is 1.07 bits per heavy atom. The topological polar surface area (TPSA) is 99.1 Å². The second-order valence-electron chi connectivity index (χ2n) is 7.31. The number of carbonyl (C=O) groups excluding carboxylic acids is 2. The molecule has 28 heavy (non-hydrogen) atoms. The SMILES string of the molecule is Cl.Cn1c(=O)n(C2CCC(=O)NC2=O)c2ccc(CCCCCCCN)cc21. The maximum Gasteiger partial charge on any atom is 0.329 e. The van der Waals surface area contributed by atoms with Crippen LogP contribution in [0, 0.1) is 0 Å². The Labute approximate surface area is 170 Å². The average molecular weight is 409 g/mol. The van der Waals surface area contributed by atoms with E-state index in [-0.39, 0.29) is 30.4 Å². The number of nitrogens with two attached hydrogens (primary N) is 1. The molecule has 1 aromatic carbocycles. The number of fused-ring (bicyclic) bond motifs is 1. The van der Waals surface area contributed by atoms with Crippen molar-refractivity contribution in [3.05, 3.63) is 34.2 Å². The average Bonchev–Trinajstić information content (AvgIpc) is 2.89. The quantitative estimate of drug-likeness (QED) is 0.516. The van der Waals surface area contributed by atoms with Crippen LogP contribution in [0.3, 0.4) is 0 Å². The summed E-state index contributed by atoms with van der Waals surface area (Å²) in [6.07, 6.45) is 7.32. The van der Waals surface area contributed by atoms with Gasteiger partial charge in [-0.15, -0.1) is 12.4 Å². The Balaban J connectivity index is 0.00000280. The van der Waals surface area contributed by atoms with E-state index < -0.39 is 11.9 Å². The highest BCUT2D eigenvalue weighted by atomic mass is 35.5. The van der Waals surface area contributed by atoms with Crippen molar-refractivity contribution in [2.75, 3.05) is 6.54 Å². The zero-order chi connectivity index (χ0) is 19.4. The summed E-state index contributed by atoms with van der Waals surface area (Å²) in [5, 5.41) is 2.33. The first-order valence-electron chi connectivity index (χ1n) is 9.76. The first-order chi connectivity index (χ1) is 13.0. The molecule has 8 heteroatoms. The number of imidazole rings is 1. The van der Waals surface area contributed by atoms with Gasteiger partial charge in [0, 0.05) is 13.5 Å². The molecule has 0 spiro atoms. The molecule has 1 aliphatic rings. The zero-order valence-electron chi connectivity index (χ0n) is 16.3. The Kier molecular flexibility index (Phi) is 7.83. The van der Waals surface area contributed by atoms with E-state index in [9.17, 15) is 14.4 Å². The molecule has 154 valence electrons. The molecule has 0 saturated carbocycles. The van der Waals surface area contributed by atoms with E-state index in [0.29, 0.717) is 6.42 Å². The van der Waals surface area contributed by atoms with Crippen LogP contribution in [0.4, 0.5) is 0 Å². The molecule has 3 N–H and O–H groups in total. The summed E-state index contributed by atoms with van der Waals surface area (Å²) in [6, 6.07) is 5.36. The lowest BCUT2D eigenvalue weighted by atomic mass is 10.0. The molecule has 7 nitrogen and oxygen atoms in total. The lowest BCUT2D eigenvalue weighted by Crippen LogP contribution is -2.44. The molecule has 2 amide bonds. The number of halogens is 1. The predicted octanol–water partition coefficient (Wildman–Crippen LogP) is 2.19. The van der Waals surface area contributed by atoms with Crippen molar-refractivity contribution in [2.24, 2.45) is 12.8 Å². The number of benzene rings is 1. The molecule has 1 saturated heterocycles. The van der Waals surface area contributed by atoms with Crippen LogP contribution < -0.4 is 16.7 Å². The maximum absolute atomic E-state index is 12.7. The van der Waals surface area contributed by atoms with Gasteiger partial charge in [0.25, 0.3) is 0 Å². The fourth-order valence-corrected chi connectivity index (χ4v) is 3.80. The summed E-state index contributed by atoms with van der Waals surface area (Å²) >= 11 is 0. The van der Waals surface area contributed by atoms with Crippen molar-refractivity contribution in [3.63, 3.8) is 0 Å². The summed E-state index contributed by atoms with van der Waals surface area (Å²) in [5.41, 5.74) is 8.05. The Bertz CT molecular complexity index is 903. The Morgan fingerprint density at radius 3 is 2.50 bits per heavy atom. The number of hydrogen-bond acceptors (Lipinski definition) is 4. The zero-order valence-corrected chi connectivity index (χ0v) is 17.1. The van der Waals surface area contributed by atoms with Crippen molar-refractivity contribution < 1.29 is 9.59 Å². The largest absolute Gasteiger partial charge is 0.330 e. The highest BCUT2D eigenvalue weighted by Crippen LogP contribution is 2.24. The van der Waals surface area contributed by atoms with Crippen LogP contribution >= 0.6 is 12.4 Å². The van der Waals surface area contributed by atoms with Gasteiger partial charge in [0.2, 0.25) is 11.8 Å². The number of piperidine rings is 1. The second kappa shape index (κ2) is 9.89. The van der Waals surface area contributed by atoms with E-state index in [1.807, 2.05) is 18.2 Å². The summed E-state index contributed by atoms with van der Waals surface area (Å²) < 4.78 is 3.11. The smallest absolute Gasteiger partial charge is 0.329 e. The van der Waals surface area contributed by atoms with Gasteiger partial charge < -0.3 is 5.73 Å². The van der Waals surface area contributed by atoms with Crippen LogP contribution in [0.5, 0.6) is 0 Å². The highest BCUT2D eigenvalue weighted by Gasteiger charge is 2.31. The van der Waals surface area contributed by atoms with E-state index in [0.717, 1.165) is 36.8 Å². The number of amides is 2. The van der Waals surface area contributed by atoms with E-state index >= 15 is 0 Å². The van der Waals surface area contributed by atoms with Crippen LogP contribution in [0.1, 0.15) is 56.6 Å². The molecule has 0 radical (unpaired) electrons. The van der Waals surface area contributed by atoms with Crippen LogP contribution in [0.25, 0.3) is 11.0 Å². The lowest BCUT2D eigenvalue weighted by Gasteiger charge is -2.21. The minimum Gasteiger partial charge on any atom is -0.330 e. The van der Waals surface area contributed by atoms with Crippen molar-refractivity contribution in [2.45, 2.75) is 57.4 Å². The number of aromatic nitrogens is 2. The van der Waals surface area contributed by atoms with Crippen LogP contribution in [0.15, 0.2) is 23.0 Å². The number of rotatable bonds is 8. The lowest BCUT2D eigenvalue weighted by molar-refractivity contribution is -0.135. The van der Waals surface area contributed by atoms with Crippen molar-refractivity contribution in [1.82, 2.24) is 14.5 Å². The normalized spacial score (nSPS) is 16.9. The molecule has 3 rings (SSSR count). The van der Waals surface area contributed by atoms with E-state index in [4.69, 9.17) is 5.73 Å². The van der Waals surface area contributed by atoms with Crippen molar-refractivity contribution >= 4 is 35.3 Å². The Hall–Kier alpha value is -2.12. The third-order valence-corrected chi connectivity index (χ3v) is 5.35. The summed E-state index contributed by atoms with van der Waals surface area (Å²) in [4.78, 5) is 36.4. The van der Waals surface area contributed by atoms with Crippen molar-refractivity contribution in [3.8, 4) is 0 Å². The van der Waals surface area contributed by atoms with Gasteiger partial charge in [-0.2, -0.15) is 0 Å². The van der Waals surface area contributed by atoms with Gasteiger partial charge in [0.1, 0.15) is 6.04 Å². The molecule has 1 atom stereocenters. The highest BCUT2D eigenvalue weighted by molar-refractivity contribution is 6.00. The van der Waals surface area contributed by atoms with Gasteiger partial charge in [-0.1, -0.05) is 25.3 Å². The molecule has 0 aliphatic carbocycles. The van der Waals surface area contributed by atoms with Gasteiger partial charge in [0.15, 0.2) is 0 Å². The van der Waals surface area contributed by atoms with Gasteiger partial charge in [-0.3, -0.25) is 24.0 Å². The van der Waals surface area contributed by atoms with Gasteiger partial charge in [-0.05, 0) is 49.9 Å². The van der Waals surface area contributed by atoms with E-state index in [2.05, 4.69) is 5.32 Å². The number of nitrogens with one attached hydrogen (secondary N) is 1. The number of carbonyl (C=O) groups is 2. The number of nitrogens with zero attached hydrogens (tertiary/aromatic N) is 2. The molecular weight excluding hydrogens is 380 g/mol. The third kappa shape index (κ3) is 4.64. The molecule has 1 fully saturated rings. The fourth-order valence-electron chi connectivity index (χ4n) is 3.80. The first kappa shape index (κ1) is 22.2. The van der Waals surface area contributed by atoms with Gasteiger partial charge in [0.05, 0.1) is 11.0 Å². The standard InChI is InChI=1S/C20H28N4O3.ClH/c1-23-17-13-14(7-5-3-2-4-6-12-21)8-9-15(17)24(20(23)27)16-10-11-18(25)22-19(16)26;/h8-9,13,16H,2-7,10-12,21H2,1H3,(H,22,25,26);1H. The van der Waals surface area contributed by atoms with Crippen LogP contribution in [0.2, 0.25) is 0 Å². The maximum atomic E-state index is 12.7. The predicted molar refractivity (Wildman–Crippen MR) is 112 cm³/mol. The van der Waals surface area contributed by atoms with Crippen molar-refractivity contribution in [1.29, 1.82) is 0 Å². The monoisotopic (exact) mass is 408 g/mol. The molecule has 2 heterocycles. The second-order valence-corrected chi connectivity index (χ2v) is 7.31. The third-order valence-electron chi connectivity index (χ3n) is 5.35. The van der Waals surface area contributed by atoms with E-state index in [1.165, 1.54) is 29.4 Å². The van der Waals surface area contributed by atoms with Crippen LogP contribution in [-0.4, -0.2) is 27.5 Å². The minimum atomic E-state index is -0.632. The van der Waals surface area contributed by atoms with Gasteiger partial charge >= 0.3 is 5.69 Å². The molecule has 0 bridgehead atoms. The summed E-state index contributed by atoms with van der Waals surface area (Å²) in [5.74, 6) is -0.680. The summed E-state index contributed by atoms with van der Waals surface area (Å²) in [6.45, 7) is 0.759. The Morgan fingerprint density at radius 2 is 1.79 bits per heavy atom. The van der Waals surface area contributed by atoms with Crippen LogP contribution in [-0.2, 0) is 23.1 Å². The van der Waals surface area contributed by atoms with E-state index in [1.54, 1.807) is 11.6 Å². The van der Waals surface area contributed by atoms with Gasteiger partial charge in [-0.25, -0.2) is 4.79 Å². The first-order valence-corrected chi connectivity index (χ1v) is 9.76. The molecule has 1 aromatic heterocycles.